The molecule has 0 radical (unpaired) electrons. The van der Waals surface area contributed by atoms with Gasteiger partial charge in [0.1, 0.15) is 10.9 Å². The zero-order valence-electron chi connectivity index (χ0n) is 9.84. The number of hydrogen-bond donors (Lipinski definition) is 1. The minimum Gasteiger partial charge on any atom is -0.480 e. The predicted octanol–water partition coefficient (Wildman–Crippen LogP) is 2.70. The number of halogens is 1. The summed E-state index contributed by atoms with van der Waals surface area (Å²) in [5.74, 6) is -0.836. The van der Waals surface area contributed by atoms with E-state index in [0.29, 0.717) is 15.7 Å². The van der Waals surface area contributed by atoms with Crippen LogP contribution in [0.2, 0.25) is 5.02 Å². The molecule has 1 aliphatic rings. The SMILES string of the molecule is Cc1csc(C(=O)N2C(C)SCC2C(=O)O)c1Cl. The summed E-state index contributed by atoms with van der Waals surface area (Å²) in [5.41, 5.74) is 0.844. The molecular formula is C11H12ClNO3S2. The lowest BCUT2D eigenvalue weighted by Crippen LogP contribution is -2.44. The van der Waals surface area contributed by atoms with E-state index in [2.05, 4.69) is 0 Å². The number of thiophene rings is 1. The van der Waals surface area contributed by atoms with E-state index in [0.717, 1.165) is 5.56 Å². The number of amides is 1. The summed E-state index contributed by atoms with van der Waals surface area (Å²) < 4.78 is 0. The second kappa shape index (κ2) is 5.11. The molecule has 1 saturated heterocycles. The standard InChI is InChI=1S/C11H12ClNO3S2/c1-5-3-18-9(8(5)12)10(14)13-6(2)17-4-7(13)11(15)16/h3,6-7H,4H2,1-2H3,(H,15,16). The Kier molecular flexibility index (Phi) is 3.89. The molecule has 0 saturated carbocycles. The number of carboxylic acids is 1. The summed E-state index contributed by atoms with van der Waals surface area (Å²) >= 11 is 8.79. The van der Waals surface area contributed by atoms with Crippen LogP contribution < -0.4 is 0 Å². The third-order valence-corrected chi connectivity index (χ3v) is 5.74. The van der Waals surface area contributed by atoms with Crippen LogP contribution >= 0.6 is 34.7 Å². The summed E-state index contributed by atoms with van der Waals surface area (Å²) in [6.45, 7) is 3.66. The summed E-state index contributed by atoms with van der Waals surface area (Å²) in [6, 6.07) is -0.768. The summed E-state index contributed by atoms with van der Waals surface area (Å²) in [4.78, 5) is 25.4. The quantitative estimate of drug-likeness (QED) is 0.912. The second-order valence-corrected chi connectivity index (χ2v) is 6.67. The Morgan fingerprint density at radius 1 is 1.56 bits per heavy atom. The molecule has 0 aromatic carbocycles. The molecule has 4 nitrogen and oxygen atoms in total. The molecule has 1 aromatic heterocycles. The highest BCUT2D eigenvalue weighted by Gasteiger charge is 2.40. The molecule has 7 heteroatoms. The number of nitrogens with zero attached hydrogens (tertiary/aromatic N) is 1. The van der Waals surface area contributed by atoms with Crippen molar-refractivity contribution in [2.75, 3.05) is 5.75 Å². The molecule has 1 amide bonds. The smallest absolute Gasteiger partial charge is 0.327 e. The maximum absolute atomic E-state index is 12.4. The van der Waals surface area contributed by atoms with Crippen LogP contribution in [-0.4, -0.2) is 39.1 Å². The minimum atomic E-state index is -0.968. The Morgan fingerprint density at radius 2 is 2.22 bits per heavy atom. The zero-order valence-corrected chi connectivity index (χ0v) is 12.2. The number of carbonyl (C=O) groups is 2. The molecule has 0 spiro atoms. The molecule has 1 aliphatic heterocycles. The molecule has 1 N–H and O–H groups in total. The van der Waals surface area contributed by atoms with Gasteiger partial charge in [-0.05, 0) is 24.8 Å². The van der Waals surface area contributed by atoms with Crippen LogP contribution in [-0.2, 0) is 4.79 Å². The number of aryl methyl sites for hydroxylation is 1. The summed E-state index contributed by atoms with van der Waals surface area (Å²) in [7, 11) is 0. The first-order chi connectivity index (χ1) is 8.43. The van der Waals surface area contributed by atoms with Gasteiger partial charge in [-0.3, -0.25) is 4.79 Å². The van der Waals surface area contributed by atoms with Crippen molar-refractivity contribution >= 4 is 46.6 Å². The fraction of sp³-hybridized carbons (Fsp3) is 0.455. The van der Waals surface area contributed by atoms with Gasteiger partial charge in [-0.25, -0.2) is 4.79 Å². The maximum atomic E-state index is 12.4. The molecule has 18 heavy (non-hydrogen) atoms. The van der Waals surface area contributed by atoms with Crippen LogP contribution in [0.1, 0.15) is 22.2 Å². The van der Waals surface area contributed by atoms with Gasteiger partial charge >= 0.3 is 5.97 Å². The average molecular weight is 306 g/mol. The lowest BCUT2D eigenvalue weighted by Gasteiger charge is -2.24. The van der Waals surface area contributed by atoms with E-state index in [1.807, 2.05) is 13.8 Å². The first-order valence-electron chi connectivity index (χ1n) is 5.34. The lowest BCUT2D eigenvalue weighted by molar-refractivity contribution is -0.141. The summed E-state index contributed by atoms with van der Waals surface area (Å²) in [6.07, 6.45) is 0. The zero-order chi connectivity index (χ0) is 13.4. The molecule has 2 rings (SSSR count). The van der Waals surface area contributed by atoms with Crippen molar-refractivity contribution in [2.24, 2.45) is 0 Å². The number of carboxylic acid groups (broad SMARTS) is 1. The minimum absolute atomic E-state index is 0.142. The van der Waals surface area contributed by atoms with E-state index in [1.165, 1.54) is 28.0 Å². The van der Waals surface area contributed by atoms with E-state index < -0.39 is 12.0 Å². The first kappa shape index (κ1) is 13.7. The fourth-order valence-corrected chi connectivity index (χ4v) is 4.22. The molecule has 2 atom stereocenters. The fourth-order valence-electron chi connectivity index (χ4n) is 1.83. The predicted molar refractivity (Wildman–Crippen MR) is 73.6 cm³/mol. The molecule has 98 valence electrons. The van der Waals surface area contributed by atoms with Crippen LogP contribution in [0.3, 0.4) is 0 Å². The van der Waals surface area contributed by atoms with Crippen LogP contribution in [0.5, 0.6) is 0 Å². The Balaban J connectivity index is 2.32. The van der Waals surface area contributed by atoms with Crippen molar-refractivity contribution in [1.29, 1.82) is 0 Å². The van der Waals surface area contributed by atoms with E-state index in [4.69, 9.17) is 16.7 Å². The van der Waals surface area contributed by atoms with Crippen LogP contribution in [0.25, 0.3) is 0 Å². The third kappa shape index (κ3) is 2.24. The van der Waals surface area contributed by atoms with E-state index in [-0.39, 0.29) is 11.3 Å². The van der Waals surface area contributed by atoms with E-state index in [9.17, 15) is 9.59 Å². The number of aliphatic carboxylic acids is 1. The topological polar surface area (TPSA) is 57.6 Å². The molecule has 0 aliphatic carbocycles. The van der Waals surface area contributed by atoms with E-state index >= 15 is 0 Å². The Hall–Kier alpha value is -0.720. The van der Waals surface area contributed by atoms with Crippen molar-refractivity contribution in [3.05, 3.63) is 20.8 Å². The van der Waals surface area contributed by atoms with Gasteiger partial charge in [0.15, 0.2) is 0 Å². The molecule has 2 heterocycles. The average Bonchev–Trinajstić information content (AvgIpc) is 2.84. The second-order valence-electron chi connectivity index (χ2n) is 4.06. The van der Waals surface area contributed by atoms with Crippen molar-refractivity contribution in [3.63, 3.8) is 0 Å². The number of thioether (sulfide) groups is 1. The Morgan fingerprint density at radius 3 is 2.72 bits per heavy atom. The number of carbonyl (C=O) groups excluding carboxylic acids is 1. The van der Waals surface area contributed by atoms with Gasteiger partial charge in [-0.1, -0.05) is 11.6 Å². The molecule has 1 fully saturated rings. The van der Waals surface area contributed by atoms with Crippen LogP contribution in [0.4, 0.5) is 0 Å². The van der Waals surface area contributed by atoms with Crippen molar-refractivity contribution in [3.8, 4) is 0 Å². The Bertz CT molecular complexity index is 502. The highest BCUT2D eigenvalue weighted by molar-refractivity contribution is 8.00. The van der Waals surface area contributed by atoms with Gasteiger partial charge in [-0.15, -0.1) is 23.1 Å². The first-order valence-corrected chi connectivity index (χ1v) is 7.64. The molecule has 0 bridgehead atoms. The number of rotatable bonds is 2. The highest BCUT2D eigenvalue weighted by atomic mass is 35.5. The van der Waals surface area contributed by atoms with Gasteiger partial charge in [0.25, 0.3) is 5.91 Å². The normalized spacial score (nSPS) is 23.4. The van der Waals surface area contributed by atoms with Gasteiger partial charge in [0, 0.05) is 5.75 Å². The van der Waals surface area contributed by atoms with Gasteiger partial charge in [0.2, 0.25) is 0 Å². The lowest BCUT2D eigenvalue weighted by atomic mass is 10.2. The largest absolute Gasteiger partial charge is 0.480 e. The highest BCUT2D eigenvalue weighted by Crippen LogP contribution is 2.34. The van der Waals surface area contributed by atoms with E-state index in [1.54, 1.807) is 5.38 Å². The molecule has 1 aromatic rings. The monoisotopic (exact) mass is 305 g/mol. The Labute approximate surface area is 118 Å². The van der Waals surface area contributed by atoms with Crippen LogP contribution in [0, 0.1) is 6.92 Å². The number of hydrogen-bond acceptors (Lipinski definition) is 4. The van der Waals surface area contributed by atoms with Gasteiger partial charge < -0.3 is 10.0 Å². The van der Waals surface area contributed by atoms with Gasteiger partial charge in [-0.2, -0.15) is 0 Å². The molecule has 2 unspecified atom stereocenters. The van der Waals surface area contributed by atoms with Gasteiger partial charge in [0.05, 0.1) is 10.4 Å². The third-order valence-electron chi connectivity index (χ3n) is 2.84. The molecular weight excluding hydrogens is 294 g/mol. The summed E-state index contributed by atoms with van der Waals surface area (Å²) in [5, 5.41) is 11.2. The van der Waals surface area contributed by atoms with Crippen molar-refractivity contribution < 1.29 is 14.7 Å². The van der Waals surface area contributed by atoms with Crippen LogP contribution in [0.15, 0.2) is 5.38 Å². The maximum Gasteiger partial charge on any atom is 0.327 e. The van der Waals surface area contributed by atoms with Crippen molar-refractivity contribution in [2.45, 2.75) is 25.3 Å². The van der Waals surface area contributed by atoms with Crippen molar-refractivity contribution in [1.82, 2.24) is 4.90 Å².